The van der Waals surface area contributed by atoms with Gasteiger partial charge in [0.25, 0.3) is 0 Å². The molecule has 3 heteroatoms. The molecule has 124 valence electrons. The number of carboxylic acid groups (broad SMARTS) is 1. The van der Waals surface area contributed by atoms with E-state index >= 15 is 0 Å². The Labute approximate surface area is 147 Å². The molecule has 0 spiro atoms. The highest BCUT2D eigenvalue weighted by molar-refractivity contribution is 8.03. The van der Waals surface area contributed by atoms with E-state index in [1.54, 1.807) is 11.8 Å². The van der Waals surface area contributed by atoms with Gasteiger partial charge in [-0.2, -0.15) is 0 Å². The van der Waals surface area contributed by atoms with E-state index in [0.29, 0.717) is 5.57 Å². The molecule has 1 aliphatic rings. The van der Waals surface area contributed by atoms with Crippen molar-refractivity contribution in [2.75, 3.05) is 5.75 Å². The van der Waals surface area contributed by atoms with Crippen LogP contribution in [0.25, 0.3) is 11.1 Å². The normalized spacial score (nSPS) is 14.7. The van der Waals surface area contributed by atoms with Crippen LogP contribution in [0.3, 0.4) is 0 Å². The maximum atomic E-state index is 11.3. The molecule has 2 aromatic rings. The average molecular weight is 338 g/mol. The van der Waals surface area contributed by atoms with E-state index in [0.717, 1.165) is 42.8 Å². The molecule has 0 unspecified atom stereocenters. The molecule has 0 heterocycles. The van der Waals surface area contributed by atoms with Crippen LogP contribution in [0, 0.1) is 0 Å². The molecule has 0 atom stereocenters. The van der Waals surface area contributed by atoms with Gasteiger partial charge >= 0.3 is 5.97 Å². The molecule has 1 aliphatic carbocycles. The second kappa shape index (κ2) is 8.20. The minimum Gasteiger partial charge on any atom is -0.478 e. The summed E-state index contributed by atoms with van der Waals surface area (Å²) in [5.74, 6) is 0.209. The number of allylic oxidation sites excluding steroid dienone is 1. The Morgan fingerprint density at radius 3 is 2.29 bits per heavy atom. The number of rotatable bonds is 6. The van der Waals surface area contributed by atoms with Gasteiger partial charge in [0.1, 0.15) is 0 Å². The van der Waals surface area contributed by atoms with Gasteiger partial charge < -0.3 is 5.11 Å². The van der Waals surface area contributed by atoms with Crippen LogP contribution in [0.1, 0.15) is 31.2 Å². The van der Waals surface area contributed by atoms with Gasteiger partial charge in [-0.15, -0.1) is 11.8 Å². The molecule has 1 N–H and O–H groups in total. The van der Waals surface area contributed by atoms with Crippen LogP contribution in [0.4, 0.5) is 0 Å². The number of benzene rings is 2. The molecule has 3 rings (SSSR count). The van der Waals surface area contributed by atoms with Crippen molar-refractivity contribution >= 4 is 17.7 Å². The van der Waals surface area contributed by atoms with Crippen LogP contribution in [0.15, 0.2) is 65.1 Å². The summed E-state index contributed by atoms with van der Waals surface area (Å²) >= 11 is 1.73. The molecular weight excluding hydrogens is 316 g/mol. The summed E-state index contributed by atoms with van der Waals surface area (Å²) in [4.78, 5) is 12.4. The fraction of sp³-hybridized carbons (Fsp3) is 0.286. The Morgan fingerprint density at radius 1 is 0.917 bits per heavy atom. The lowest BCUT2D eigenvalue weighted by molar-refractivity contribution is -0.132. The highest BCUT2D eigenvalue weighted by atomic mass is 32.2. The first kappa shape index (κ1) is 16.8. The van der Waals surface area contributed by atoms with E-state index < -0.39 is 5.97 Å². The van der Waals surface area contributed by atoms with Crippen LogP contribution in [0.5, 0.6) is 0 Å². The van der Waals surface area contributed by atoms with Crippen molar-refractivity contribution in [1.82, 2.24) is 0 Å². The van der Waals surface area contributed by atoms with Crippen LogP contribution >= 0.6 is 11.8 Å². The molecule has 0 radical (unpaired) electrons. The number of aliphatic carboxylic acids is 1. The van der Waals surface area contributed by atoms with Gasteiger partial charge in [-0.05, 0) is 53.7 Å². The zero-order valence-electron chi connectivity index (χ0n) is 13.7. The maximum Gasteiger partial charge on any atom is 0.332 e. The molecule has 0 saturated heterocycles. The predicted octanol–water partition coefficient (Wildman–Crippen LogP) is 5.54. The Balaban J connectivity index is 1.58. The fourth-order valence-electron chi connectivity index (χ4n) is 3.05. The number of hydrogen-bond acceptors (Lipinski definition) is 2. The third-order valence-corrected chi connectivity index (χ3v) is 5.61. The number of thioether (sulfide) groups is 1. The van der Waals surface area contributed by atoms with E-state index in [1.165, 1.54) is 16.7 Å². The van der Waals surface area contributed by atoms with Crippen molar-refractivity contribution in [3.05, 3.63) is 70.6 Å². The summed E-state index contributed by atoms with van der Waals surface area (Å²) in [6, 6.07) is 19.1. The second-order valence-corrected chi connectivity index (χ2v) is 7.27. The Morgan fingerprint density at radius 2 is 1.58 bits per heavy atom. The number of hydrogen-bond donors (Lipinski definition) is 1. The minimum absolute atomic E-state index is 0.644. The first-order valence-corrected chi connectivity index (χ1v) is 9.45. The Bertz CT molecular complexity index is 717. The quantitative estimate of drug-likeness (QED) is 0.751. The first-order chi connectivity index (χ1) is 11.7. The minimum atomic E-state index is -0.732. The van der Waals surface area contributed by atoms with Crippen molar-refractivity contribution in [3.8, 4) is 11.1 Å². The van der Waals surface area contributed by atoms with Gasteiger partial charge in [0.15, 0.2) is 0 Å². The molecule has 0 bridgehead atoms. The topological polar surface area (TPSA) is 37.3 Å². The zero-order valence-corrected chi connectivity index (χ0v) is 14.5. The summed E-state index contributed by atoms with van der Waals surface area (Å²) in [6.07, 6.45) is 4.75. The van der Waals surface area contributed by atoms with Crippen molar-refractivity contribution in [3.63, 3.8) is 0 Å². The third kappa shape index (κ3) is 4.30. The Kier molecular flexibility index (Phi) is 5.76. The highest BCUT2D eigenvalue weighted by Crippen LogP contribution is 2.33. The van der Waals surface area contributed by atoms with Crippen LogP contribution in [-0.4, -0.2) is 16.8 Å². The molecule has 0 aliphatic heterocycles. The molecule has 2 aromatic carbocycles. The van der Waals surface area contributed by atoms with Crippen LogP contribution < -0.4 is 0 Å². The molecular formula is C21H22O2S. The second-order valence-electron chi connectivity index (χ2n) is 6.08. The van der Waals surface area contributed by atoms with Gasteiger partial charge in [0.2, 0.25) is 0 Å². The summed E-state index contributed by atoms with van der Waals surface area (Å²) in [5.41, 5.74) is 4.41. The van der Waals surface area contributed by atoms with Crippen molar-refractivity contribution in [2.24, 2.45) is 0 Å². The zero-order chi connectivity index (χ0) is 16.8. The molecule has 0 aromatic heterocycles. The number of carboxylic acids is 1. The SMILES string of the molecule is O=C(O)C1=C(SCCc2ccc(-c3ccccc3)cc2)CCCC1. The van der Waals surface area contributed by atoms with E-state index in [2.05, 4.69) is 48.5 Å². The van der Waals surface area contributed by atoms with Crippen molar-refractivity contribution in [1.29, 1.82) is 0 Å². The van der Waals surface area contributed by atoms with Gasteiger partial charge in [-0.25, -0.2) is 4.79 Å². The number of aryl methyl sites for hydroxylation is 1. The van der Waals surface area contributed by atoms with Crippen molar-refractivity contribution < 1.29 is 9.90 Å². The summed E-state index contributed by atoms with van der Waals surface area (Å²) in [5, 5.41) is 9.29. The standard InChI is InChI=1S/C21H22O2S/c22-21(23)19-8-4-5-9-20(19)24-15-14-16-10-12-18(13-11-16)17-6-2-1-3-7-17/h1-3,6-7,10-13H,4-5,8-9,14-15H2,(H,22,23). The van der Waals surface area contributed by atoms with E-state index in [1.807, 2.05) is 6.07 Å². The molecule has 24 heavy (non-hydrogen) atoms. The van der Waals surface area contributed by atoms with Gasteiger partial charge in [-0.1, -0.05) is 54.6 Å². The molecule has 2 nitrogen and oxygen atoms in total. The third-order valence-electron chi connectivity index (χ3n) is 4.40. The smallest absolute Gasteiger partial charge is 0.332 e. The first-order valence-electron chi connectivity index (χ1n) is 8.46. The largest absolute Gasteiger partial charge is 0.478 e. The fourth-order valence-corrected chi connectivity index (χ4v) is 4.29. The molecule has 0 amide bonds. The summed E-state index contributed by atoms with van der Waals surface area (Å²) in [7, 11) is 0. The summed E-state index contributed by atoms with van der Waals surface area (Å²) < 4.78 is 0. The lowest BCUT2D eigenvalue weighted by Gasteiger charge is -2.17. The lowest BCUT2D eigenvalue weighted by atomic mass is 9.99. The van der Waals surface area contributed by atoms with E-state index in [9.17, 15) is 9.90 Å². The van der Waals surface area contributed by atoms with Crippen LogP contribution in [-0.2, 0) is 11.2 Å². The van der Waals surface area contributed by atoms with Gasteiger partial charge in [-0.3, -0.25) is 0 Å². The molecule has 0 saturated carbocycles. The van der Waals surface area contributed by atoms with E-state index in [4.69, 9.17) is 0 Å². The molecule has 0 fully saturated rings. The Hall–Kier alpha value is -2.00. The predicted molar refractivity (Wildman–Crippen MR) is 101 cm³/mol. The monoisotopic (exact) mass is 338 g/mol. The summed E-state index contributed by atoms with van der Waals surface area (Å²) in [6.45, 7) is 0. The average Bonchev–Trinajstić information content (AvgIpc) is 2.63. The van der Waals surface area contributed by atoms with Crippen molar-refractivity contribution in [2.45, 2.75) is 32.1 Å². The van der Waals surface area contributed by atoms with Gasteiger partial charge in [0.05, 0.1) is 0 Å². The highest BCUT2D eigenvalue weighted by Gasteiger charge is 2.18. The van der Waals surface area contributed by atoms with Gasteiger partial charge in [0, 0.05) is 11.3 Å². The lowest BCUT2D eigenvalue weighted by Crippen LogP contribution is -2.08. The van der Waals surface area contributed by atoms with Crippen LogP contribution in [0.2, 0.25) is 0 Å². The maximum absolute atomic E-state index is 11.3. The van der Waals surface area contributed by atoms with E-state index in [-0.39, 0.29) is 0 Å². The number of carbonyl (C=O) groups is 1.